The fraction of sp³-hybridized carbons (Fsp3) is 0.462. The van der Waals surface area contributed by atoms with Crippen molar-refractivity contribution in [2.75, 3.05) is 6.61 Å². The van der Waals surface area contributed by atoms with Crippen LogP contribution in [0, 0.1) is 0 Å². The molecule has 98 valence electrons. The summed E-state index contributed by atoms with van der Waals surface area (Å²) < 4.78 is 5.53. The summed E-state index contributed by atoms with van der Waals surface area (Å²) in [6.45, 7) is 2.73. The summed E-state index contributed by atoms with van der Waals surface area (Å²) in [5.74, 6) is -0.156. The summed E-state index contributed by atoms with van der Waals surface area (Å²) in [7, 11) is 0. The number of ether oxygens (including phenoxy) is 1. The molecule has 1 aromatic carbocycles. The molecular weight excluding hydrogens is 273 g/mol. The van der Waals surface area contributed by atoms with E-state index in [4.69, 9.17) is 27.9 Å². The first-order valence-corrected chi connectivity index (χ1v) is 6.71. The first-order chi connectivity index (χ1) is 8.58. The normalized spacial score (nSPS) is 20.7. The second kappa shape index (κ2) is 5.91. The zero-order chi connectivity index (χ0) is 13.1. The number of amides is 1. The summed E-state index contributed by atoms with van der Waals surface area (Å²) in [4.78, 5) is 12.0. The maximum atomic E-state index is 12.0. The van der Waals surface area contributed by atoms with Crippen LogP contribution in [0.5, 0.6) is 0 Å². The van der Waals surface area contributed by atoms with Gasteiger partial charge in [0.05, 0.1) is 22.2 Å². The molecule has 1 amide bonds. The summed E-state index contributed by atoms with van der Waals surface area (Å²) in [6.07, 6.45) is 2.15. The van der Waals surface area contributed by atoms with E-state index in [1.807, 2.05) is 6.92 Å². The lowest BCUT2D eigenvalue weighted by atomic mass is 10.1. The van der Waals surface area contributed by atoms with Crippen molar-refractivity contribution in [3.8, 4) is 0 Å². The third-order valence-corrected chi connectivity index (χ3v) is 3.80. The molecule has 1 N–H and O–H groups in total. The van der Waals surface area contributed by atoms with E-state index in [1.54, 1.807) is 18.2 Å². The number of rotatable bonds is 3. The molecule has 0 radical (unpaired) electrons. The molecule has 0 saturated carbocycles. The summed E-state index contributed by atoms with van der Waals surface area (Å²) >= 11 is 11.7. The smallest absolute Gasteiger partial charge is 0.251 e. The van der Waals surface area contributed by atoms with E-state index in [0.717, 1.165) is 19.4 Å². The number of nitrogens with one attached hydrogen (secondary N) is 1. The van der Waals surface area contributed by atoms with Crippen molar-refractivity contribution in [3.63, 3.8) is 0 Å². The molecule has 2 unspecified atom stereocenters. The van der Waals surface area contributed by atoms with Gasteiger partial charge in [-0.2, -0.15) is 0 Å². The molecule has 2 atom stereocenters. The van der Waals surface area contributed by atoms with Crippen LogP contribution in [0.1, 0.15) is 30.1 Å². The average molecular weight is 288 g/mol. The van der Waals surface area contributed by atoms with Crippen LogP contribution >= 0.6 is 23.2 Å². The Kier molecular flexibility index (Phi) is 4.49. The number of hydrogen-bond donors (Lipinski definition) is 1. The van der Waals surface area contributed by atoms with Crippen molar-refractivity contribution in [3.05, 3.63) is 33.8 Å². The molecule has 1 saturated heterocycles. The standard InChI is InChI=1S/C13H15Cl2NO2/c1-8(12-3-2-6-18-12)16-13(17)9-4-5-10(14)11(15)7-9/h4-5,7-8,12H,2-3,6H2,1H3,(H,16,17). The monoisotopic (exact) mass is 287 g/mol. The highest BCUT2D eigenvalue weighted by Crippen LogP contribution is 2.23. The molecular formula is C13H15Cl2NO2. The minimum atomic E-state index is -0.156. The van der Waals surface area contributed by atoms with Gasteiger partial charge in [0.2, 0.25) is 0 Å². The molecule has 0 aliphatic carbocycles. The lowest BCUT2D eigenvalue weighted by Gasteiger charge is -2.20. The minimum absolute atomic E-state index is 0.00514. The summed E-state index contributed by atoms with van der Waals surface area (Å²) in [5.41, 5.74) is 0.509. The molecule has 18 heavy (non-hydrogen) atoms. The molecule has 0 aromatic heterocycles. The Labute approximate surface area is 116 Å². The van der Waals surface area contributed by atoms with E-state index < -0.39 is 0 Å². The van der Waals surface area contributed by atoms with Gasteiger partial charge in [-0.1, -0.05) is 23.2 Å². The maximum Gasteiger partial charge on any atom is 0.251 e. The highest BCUT2D eigenvalue weighted by molar-refractivity contribution is 6.42. The van der Waals surface area contributed by atoms with Crippen molar-refractivity contribution in [1.82, 2.24) is 5.32 Å². The molecule has 2 rings (SSSR count). The van der Waals surface area contributed by atoms with E-state index >= 15 is 0 Å². The van der Waals surface area contributed by atoms with Crippen LogP contribution in [0.15, 0.2) is 18.2 Å². The van der Waals surface area contributed by atoms with E-state index in [2.05, 4.69) is 5.32 Å². The maximum absolute atomic E-state index is 12.0. The Morgan fingerprint density at radius 2 is 2.22 bits per heavy atom. The van der Waals surface area contributed by atoms with Gasteiger partial charge in [0.1, 0.15) is 0 Å². The Morgan fingerprint density at radius 3 is 2.83 bits per heavy atom. The third-order valence-electron chi connectivity index (χ3n) is 3.06. The lowest BCUT2D eigenvalue weighted by Crippen LogP contribution is -2.40. The quantitative estimate of drug-likeness (QED) is 0.926. The second-order valence-electron chi connectivity index (χ2n) is 4.44. The highest BCUT2D eigenvalue weighted by Gasteiger charge is 2.24. The topological polar surface area (TPSA) is 38.3 Å². The van der Waals surface area contributed by atoms with Crippen molar-refractivity contribution >= 4 is 29.1 Å². The number of benzene rings is 1. The van der Waals surface area contributed by atoms with Gasteiger partial charge in [0.25, 0.3) is 5.91 Å². The van der Waals surface area contributed by atoms with Gasteiger partial charge in [0, 0.05) is 12.2 Å². The van der Waals surface area contributed by atoms with Crippen LogP contribution in [0.3, 0.4) is 0 Å². The van der Waals surface area contributed by atoms with Crippen LogP contribution in [0.2, 0.25) is 10.0 Å². The van der Waals surface area contributed by atoms with Gasteiger partial charge in [-0.05, 0) is 38.0 Å². The molecule has 0 spiro atoms. The minimum Gasteiger partial charge on any atom is -0.376 e. The fourth-order valence-electron chi connectivity index (χ4n) is 2.02. The van der Waals surface area contributed by atoms with E-state index in [0.29, 0.717) is 15.6 Å². The van der Waals surface area contributed by atoms with Gasteiger partial charge in [0.15, 0.2) is 0 Å². The molecule has 5 heteroatoms. The Bertz CT molecular complexity index is 445. The number of hydrogen-bond acceptors (Lipinski definition) is 2. The number of carbonyl (C=O) groups excluding carboxylic acids is 1. The lowest BCUT2D eigenvalue weighted by molar-refractivity contribution is 0.0712. The average Bonchev–Trinajstić information content (AvgIpc) is 2.86. The van der Waals surface area contributed by atoms with Crippen molar-refractivity contribution in [2.24, 2.45) is 0 Å². The molecule has 1 heterocycles. The van der Waals surface area contributed by atoms with Gasteiger partial charge >= 0.3 is 0 Å². The van der Waals surface area contributed by atoms with Crippen molar-refractivity contribution in [1.29, 1.82) is 0 Å². The van der Waals surface area contributed by atoms with E-state index in [9.17, 15) is 4.79 Å². The van der Waals surface area contributed by atoms with Crippen LogP contribution in [0.25, 0.3) is 0 Å². The first-order valence-electron chi connectivity index (χ1n) is 5.95. The first kappa shape index (κ1) is 13.7. The van der Waals surface area contributed by atoms with Crippen LogP contribution in [-0.2, 0) is 4.74 Å². The Hall–Kier alpha value is -0.770. The molecule has 1 aromatic rings. The summed E-state index contributed by atoms with van der Waals surface area (Å²) in [6, 6.07) is 4.84. The predicted octanol–water partition coefficient (Wildman–Crippen LogP) is 3.29. The summed E-state index contributed by atoms with van der Waals surface area (Å²) in [5, 5.41) is 3.75. The molecule has 1 fully saturated rings. The van der Waals surface area contributed by atoms with Crippen LogP contribution < -0.4 is 5.32 Å². The second-order valence-corrected chi connectivity index (χ2v) is 5.26. The van der Waals surface area contributed by atoms with Crippen LogP contribution in [0.4, 0.5) is 0 Å². The molecule has 3 nitrogen and oxygen atoms in total. The SMILES string of the molecule is CC(NC(=O)c1ccc(Cl)c(Cl)c1)C1CCCO1. The zero-order valence-corrected chi connectivity index (χ0v) is 11.6. The predicted molar refractivity (Wildman–Crippen MR) is 72.4 cm³/mol. The van der Waals surface area contributed by atoms with Gasteiger partial charge in [-0.3, -0.25) is 4.79 Å². The van der Waals surface area contributed by atoms with Gasteiger partial charge < -0.3 is 10.1 Å². The number of halogens is 2. The number of carbonyl (C=O) groups is 1. The molecule has 0 bridgehead atoms. The van der Waals surface area contributed by atoms with E-state index in [-0.39, 0.29) is 18.1 Å². The Morgan fingerprint density at radius 1 is 1.44 bits per heavy atom. The zero-order valence-electron chi connectivity index (χ0n) is 10.1. The third kappa shape index (κ3) is 3.16. The largest absolute Gasteiger partial charge is 0.376 e. The molecule has 1 aliphatic heterocycles. The van der Waals surface area contributed by atoms with Gasteiger partial charge in [-0.15, -0.1) is 0 Å². The Balaban J connectivity index is 2.00. The molecule has 1 aliphatic rings. The van der Waals surface area contributed by atoms with Crippen molar-refractivity contribution < 1.29 is 9.53 Å². The fourth-order valence-corrected chi connectivity index (χ4v) is 2.32. The van der Waals surface area contributed by atoms with Crippen LogP contribution in [-0.4, -0.2) is 24.7 Å². The highest BCUT2D eigenvalue weighted by atomic mass is 35.5. The van der Waals surface area contributed by atoms with E-state index in [1.165, 1.54) is 0 Å². The van der Waals surface area contributed by atoms with Crippen molar-refractivity contribution in [2.45, 2.75) is 31.9 Å². The van der Waals surface area contributed by atoms with Gasteiger partial charge in [-0.25, -0.2) is 0 Å².